The molecule has 0 amide bonds. The molecule has 23 heavy (non-hydrogen) atoms. The van der Waals surface area contributed by atoms with E-state index in [2.05, 4.69) is 15.2 Å². The first-order chi connectivity index (χ1) is 11.0. The smallest absolute Gasteiger partial charge is 0.381 e. The lowest BCUT2D eigenvalue weighted by molar-refractivity contribution is -0.137. The molecule has 4 nitrogen and oxygen atoms in total. The number of hydrogen-bond donors (Lipinski definition) is 1. The summed E-state index contributed by atoms with van der Waals surface area (Å²) >= 11 is 0. The van der Waals surface area contributed by atoms with Crippen LogP contribution in [0.2, 0.25) is 0 Å². The second-order valence-electron chi connectivity index (χ2n) is 6.19. The Hall–Kier alpha value is -1.34. The quantitative estimate of drug-likeness (QED) is 0.921. The van der Waals surface area contributed by atoms with E-state index in [9.17, 15) is 13.2 Å². The maximum Gasteiger partial charge on any atom is 0.417 e. The molecule has 7 heteroatoms. The van der Waals surface area contributed by atoms with Gasteiger partial charge in [-0.3, -0.25) is 4.90 Å². The normalized spacial score (nSPS) is 24.0. The van der Waals surface area contributed by atoms with Gasteiger partial charge in [0.25, 0.3) is 0 Å². The van der Waals surface area contributed by atoms with Gasteiger partial charge in [0, 0.05) is 38.0 Å². The first-order valence-electron chi connectivity index (χ1n) is 8.14. The summed E-state index contributed by atoms with van der Waals surface area (Å²) < 4.78 is 43.0. The molecule has 1 aromatic heterocycles. The van der Waals surface area contributed by atoms with Crippen LogP contribution in [0, 0.1) is 0 Å². The van der Waals surface area contributed by atoms with Gasteiger partial charge in [0.1, 0.15) is 5.82 Å². The van der Waals surface area contributed by atoms with Crippen LogP contribution in [0.15, 0.2) is 18.3 Å². The fraction of sp³-hybridized carbons (Fsp3) is 0.688. The highest BCUT2D eigenvalue weighted by atomic mass is 19.4. The van der Waals surface area contributed by atoms with Crippen LogP contribution in [0.4, 0.5) is 19.0 Å². The SMILES string of the molecule is FC(F)(F)c1ccc(NCC2CCCN2C2CCOCC2)nc1. The number of halogens is 3. The molecule has 2 fully saturated rings. The van der Waals surface area contributed by atoms with Gasteiger partial charge in [0.15, 0.2) is 0 Å². The molecule has 2 saturated heterocycles. The van der Waals surface area contributed by atoms with Crippen LogP contribution in [0.1, 0.15) is 31.2 Å². The lowest BCUT2D eigenvalue weighted by atomic mass is 10.1. The molecule has 3 rings (SSSR count). The van der Waals surface area contributed by atoms with E-state index in [1.807, 2.05) is 0 Å². The molecule has 1 unspecified atom stereocenters. The summed E-state index contributed by atoms with van der Waals surface area (Å²) in [6, 6.07) is 3.46. The largest absolute Gasteiger partial charge is 0.417 e. The zero-order chi connectivity index (χ0) is 16.3. The van der Waals surface area contributed by atoms with Gasteiger partial charge in [-0.25, -0.2) is 4.98 Å². The predicted molar refractivity (Wildman–Crippen MR) is 81.3 cm³/mol. The standard InChI is InChI=1S/C16H22F3N3O/c17-16(18,19)12-3-4-15(20-10-12)21-11-14-2-1-7-22(14)13-5-8-23-9-6-13/h3-4,10,13-14H,1-2,5-9,11H2,(H,20,21). The Morgan fingerprint density at radius 1 is 1.22 bits per heavy atom. The predicted octanol–water partition coefficient (Wildman–Crippen LogP) is 3.16. The van der Waals surface area contributed by atoms with Gasteiger partial charge in [-0.05, 0) is 44.4 Å². The molecule has 3 heterocycles. The van der Waals surface area contributed by atoms with Gasteiger partial charge in [0.05, 0.1) is 5.56 Å². The maximum atomic E-state index is 12.5. The Balaban J connectivity index is 1.54. The van der Waals surface area contributed by atoms with Crippen LogP contribution in [-0.4, -0.2) is 48.3 Å². The minimum Gasteiger partial charge on any atom is -0.381 e. The number of anilines is 1. The van der Waals surface area contributed by atoms with E-state index >= 15 is 0 Å². The van der Waals surface area contributed by atoms with Crippen molar-refractivity contribution in [1.29, 1.82) is 0 Å². The first-order valence-corrected chi connectivity index (χ1v) is 8.14. The van der Waals surface area contributed by atoms with Crippen molar-refractivity contribution in [2.45, 2.75) is 43.9 Å². The molecule has 128 valence electrons. The molecule has 1 aromatic rings. The van der Waals surface area contributed by atoms with Gasteiger partial charge >= 0.3 is 6.18 Å². The van der Waals surface area contributed by atoms with Crippen LogP contribution in [0.5, 0.6) is 0 Å². The summed E-state index contributed by atoms with van der Waals surface area (Å²) in [5, 5.41) is 3.18. The molecule has 1 N–H and O–H groups in total. The summed E-state index contributed by atoms with van der Waals surface area (Å²) in [6.07, 6.45) is 0.962. The monoisotopic (exact) mass is 329 g/mol. The molecule has 0 aliphatic carbocycles. The zero-order valence-electron chi connectivity index (χ0n) is 13.0. The third kappa shape index (κ3) is 4.14. The fourth-order valence-electron chi connectivity index (χ4n) is 3.46. The second-order valence-corrected chi connectivity index (χ2v) is 6.19. The lowest BCUT2D eigenvalue weighted by Gasteiger charge is -2.35. The fourth-order valence-corrected chi connectivity index (χ4v) is 3.46. The summed E-state index contributed by atoms with van der Waals surface area (Å²) in [5.74, 6) is 0.497. The molecule has 0 bridgehead atoms. The van der Waals surface area contributed by atoms with E-state index in [1.165, 1.54) is 12.5 Å². The molecule has 2 aliphatic rings. The van der Waals surface area contributed by atoms with Gasteiger partial charge in [-0.2, -0.15) is 13.2 Å². The zero-order valence-corrected chi connectivity index (χ0v) is 13.0. The molecular formula is C16H22F3N3O. The van der Waals surface area contributed by atoms with E-state index in [1.54, 1.807) is 0 Å². The van der Waals surface area contributed by atoms with Crippen molar-refractivity contribution in [2.24, 2.45) is 0 Å². The Morgan fingerprint density at radius 2 is 2.00 bits per heavy atom. The van der Waals surface area contributed by atoms with Crippen LogP contribution in [0.25, 0.3) is 0 Å². The van der Waals surface area contributed by atoms with E-state index in [0.717, 1.165) is 57.8 Å². The van der Waals surface area contributed by atoms with Crippen molar-refractivity contribution in [3.63, 3.8) is 0 Å². The molecule has 0 radical (unpaired) electrons. The van der Waals surface area contributed by atoms with Crippen molar-refractivity contribution in [3.8, 4) is 0 Å². The highest BCUT2D eigenvalue weighted by Crippen LogP contribution is 2.29. The van der Waals surface area contributed by atoms with Crippen LogP contribution in [0.3, 0.4) is 0 Å². The van der Waals surface area contributed by atoms with Crippen LogP contribution in [-0.2, 0) is 10.9 Å². The van der Waals surface area contributed by atoms with Crippen molar-refractivity contribution < 1.29 is 17.9 Å². The van der Waals surface area contributed by atoms with Gasteiger partial charge in [-0.1, -0.05) is 0 Å². The third-order valence-corrected chi connectivity index (χ3v) is 4.69. The summed E-state index contributed by atoms with van der Waals surface area (Å²) in [5.41, 5.74) is -0.715. The van der Waals surface area contributed by atoms with Crippen molar-refractivity contribution in [2.75, 3.05) is 31.6 Å². The number of hydrogen-bond acceptors (Lipinski definition) is 4. The number of alkyl halides is 3. The summed E-state index contributed by atoms with van der Waals surface area (Å²) in [7, 11) is 0. The molecule has 0 spiro atoms. The maximum absolute atomic E-state index is 12.5. The Labute approximate surface area is 134 Å². The van der Waals surface area contributed by atoms with E-state index in [4.69, 9.17) is 4.74 Å². The van der Waals surface area contributed by atoms with Crippen LogP contribution < -0.4 is 5.32 Å². The summed E-state index contributed by atoms with van der Waals surface area (Å²) in [6.45, 7) is 3.46. The Bertz CT molecular complexity index is 500. The Kier molecular flexibility index (Phi) is 5.06. The molecule has 1 atom stereocenters. The van der Waals surface area contributed by atoms with Crippen molar-refractivity contribution >= 4 is 5.82 Å². The summed E-state index contributed by atoms with van der Waals surface area (Å²) in [4.78, 5) is 6.40. The number of nitrogens with one attached hydrogen (secondary N) is 1. The van der Waals surface area contributed by atoms with E-state index in [0.29, 0.717) is 17.9 Å². The second kappa shape index (κ2) is 7.05. The van der Waals surface area contributed by atoms with Gasteiger partial charge in [0.2, 0.25) is 0 Å². The third-order valence-electron chi connectivity index (χ3n) is 4.69. The number of rotatable bonds is 4. The lowest BCUT2D eigenvalue weighted by Crippen LogP contribution is -2.45. The molecular weight excluding hydrogens is 307 g/mol. The number of pyridine rings is 1. The topological polar surface area (TPSA) is 37.4 Å². The number of nitrogens with zero attached hydrogens (tertiary/aromatic N) is 2. The minimum absolute atomic E-state index is 0.419. The number of aromatic nitrogens is 1. The number of likely N-dealkylation sites (tertiary alicyclic amines) is 1. The first kappa shape index (κ1) is 16.5. The van der Waals surface area contributed by atoms with E-state index in [-0.39, 0.29) is 0 Å². The highest BCUT2D eigenvalue weighted by Gasteiger charge is 2.32. The van der Waals surface area contributed by atoms with Gasteiger partial charge < -0.3 is 10.1 Å². The highest BCUT2D eigenvalue weighted by molar-refractivity contribution is 5.36. The molecule has 2 aliphatic heterocycles. The number of ether oxygens (including phenoxy) is 1. The van der Waals surface area contributed by atoms with Gasteiger partial charge in [-0.15, -0.1) is 0 Å². The van der Waals surface area contributed by atoms with Crippen LogP contribution >= 0.6 is 0 Å². The molecule has 0 aromatic carbocycles. The van der Waals surface area contributed by atoms with Crippen molar-refractivity contribution in [3.05, 3.63) is 23.9 Å². The van der Waals surface area contributed by atoms with E-state index < -0.39 is 11.7 Å². The van der Waals surface area contributed by atoms with Crippen molar-refractivity contribution in [1.82, 2.24) is 9.88 Å². The average molecular weight is 329 g/mol. The Morgan fingerprint density at radius 3 is 2.65 bits per heavy atom. The minimum atomic E-state index is -4.34. The average Bonchev–Trinajstić information content (AvgIpc) is 3.02. The molecule has 0 saturated carbocycles.